The summed E-state index contributed by atoms with van der Waals surface area (Å²) in [6.45, 7) is 1.03. The van der Waals surface area contributed by atoms with Crippen LogP contribution in [0.15, 0.2) is 42.5 Å². The molecule has 0 heterocycles. The zero-order chi connectivity index (χ0) is 18.4. The number of halogens is 1. The van der Waals surface area contributed by atoms with Crippen LogP contribution in [0.3, 0.4) is 0 Å². The van der Waals surface area contributed by atoms with Crippen LogP contribution in [0.5, 0.6) is 5.75 Å². The second kappa shape index (κ2) is 7.67. The molecular weight excluding hydrogens is 342 g/mol. The van der Waals surface area contributed by atoms with E-state index in [0.29, 0.717) is 17.0 Å². The summed E-state index contributed by atoms with van der Waals surface area (Å²) in [5.74, 6) is -0.254. The Hall–Kier alpha value is -3.06. The lowest BCUT2D eigenvalue weighted by Crippen LogP contribution is -2.45. The van der Waals surface area contributed by atoms with E-state index >= 15 is 0 Å². The minimum Gasteiger partial charge on any atom is -0.490 e. The van der Waals surface area contributed by atoms with Crippen LogP contribution in [0.2, 0.25) is 5.02 Å². The molecular formula is C18H14ClN3O3. The Morgan fingerprint density at radius 3 is 2.48 bits per heavy atom. The van der Waals surface area contributed by atoms with E-state index in [2.05, 4.69) is 5.32 Å². The molecule has 0 aliphatic carbocycles. The molecule has 1 atom stereocenters. The first-order chi connectivity index (χ1) is 11.9. The maximum absolute atomic E-state index is 12.2. The Kier molecular flexibility index (Phi) is 5.61. The third-order valence-electron chi connectivity index (χ3n) is 3.34. The zero-order valence-electron chi connectivity index (χ0n) is 13.3. The number of carbonyl (C=O) groups excluding carboxylic acids is 1. The highest BCUT2D eigenvalue weighted by Gasteiger charge is 2.31. The first-order valence-corrected chi connectivity index (χ1v) is 7.60. The normalized spacial score (nSPS) is 12.4. The molecule has 0 bridgehead atoms. The molecule has 2 rings (SSSR count). The molecule has 0 aromatic heterocycles. The fourth-order valence-corrected chi connectivity index (χ4v) is 2.09. The van der Waals surface area contributed by atoms with Crippen molar-refractivity contribution in [3.63, 3.8) is 0 Å². The van der Waals surface area contributed by atoms with Crippen LogP contribution in [-0.2, 0) is 4.79 Å². The van der Waals surface area contributed by atoms with Gasteiger partial charge in [-0.15, -0.1) is 0 Å². The van der Waals surface area contributed by atoms with Gasteiger partial charge in [0.25, 0.3) is 5.91 Å². The van der Waals surface area contributed by atoms with Gasteiger partial charge >= 0.3 is 0 Å². The Bertz CT molecular complexity index is 865. The van der Waals surface area contributed by atoms with Crippen molar-refractivity contribution >= 4 is 23.2 Å². The SMILES string of the molecule is C[C@@](O)(COc1ccc(C#N)cc1)C(=O)Nc1ccc(C#N)c(Cl)c1. The summed E-state index contributed by atoms with van der Waals surface area (Å²) in [6.07, 6.45) is 0. The second-order valence-electron chi connectivity index (χ2n) is 5.46. The predicted octanol–water partition coefficient (Wildman–Crippen LogP) is 2.85. The van der Waals surface area contributed by atoms with Gasteiger partial charge in [0.1, 0.15) is 18.4 Å². The number of nitrogens with one attached hydrogen (secondary N) is 1. The molecule has 0 unspecified atom stereocenters. The van der Waals surface area contributed by atoms with E-state index < -0.39 is 11.5 Å². The number of hydrogen-bond donors (Lipinski definition) is 2. The minimum atomic E-state index is -1.80. The zero-order valence-corrected chi connectivity index (χ0v) is 14.0. The van der Waals surface area contributed by atoms with Crippen molar-refractivity contribution in [1.29, 1.82) is 10.5 Å². The molecule has 2 N–H and O–H groups in total. The van der Waals surface area contributed by atoms with Crippen LogP contribution in [0.1, 0.15) is 18.1 Å². The van der Waals surface area contributed by atoms with E-state index in [-0.39, 0.29) is 17.2 Å². The Balaban J connectivity index is 2.00. The first kappa shape index (κ1) is 18.3. The van der Waals surface area contributed by atoms with Crippen molar-refractivity contribution in [3.8, 4) is 17.9 Å². The second-order valence-corrected chi connectivity index (χ2v) is 5.87. The third-order valence-corrected chi connectivity index (χ3v) is 3.65. The number of aliphatic hydroxyl groups is 1. The Labute approximate surface area is 149 Å². The number of nitriles is 2. The molecule has 0 fully saturated rings. The number of benzene rings is 2. The summed E-state index contributed by atoms with van der Waals surface area (Å²) in [7, 11) is 0. The van der Waals surface area contributed by atoms with Gasteiger partial charge in [-0.25, -0.2) is 0 Å². The van der Waals surface area contributed by atoms with Gasteiger partial charge in [-0.05, 0) is 49.4 Å². The third kappa shape index (κ3) is 4.71. The maximum atomic E-state index is 12.2. The molecule has 1 amide bonds. The molecule has 0 aliphatic heterocycles. The van der Waals surface area contributed by atoms with Gasteiger partial charge in [0, 0.05) is 5.69 Å². The monoisotopic (exact) mass is 355 g/mol. The Morgan fingerprint density at radius 1 is 1.24 bits per heavy atom. The number of ether oxygens (including phenoxy) is 1. The summed E-state index contributed by atoms with van der Waals surface area (Å²) in [5.41, 5.74) is -0.674. The summed E-state index contributed by atoms with van der Waals surface area (Å²) < 4.78 is 5.40. The summed E-state index contributed by atoms with van der Waals surface area (Å²) in [4.78, 5) is 12.2. The number of rotatable bonds is 5. The fourth-order valence-electron chi connectivity index (χ4n) is 1.86. The molecule has 7 heteroatoms. The largest absolute Gasteiger partial charge is 0.490 e. The average molecular weight is 356 g/mol. The fraction of sp³-hybridized carbons (Fsp3) is 0.167. The number of carbonyl (C=O) groups is 1. The molecule has 2 aromatic carbocycles. The quantitative estimate of drug-likeness (QED) is 0.857. The molecule has 0 aliphatic rings. The first-order valence-electron chi connectivity index (χ1n) is 7.22. The van der Waals surface area contributed by atoms with Gasteiger partial charge < -0.3 is 15.2 Å². The van der Waals surface area contributed by atoms with E-state index in [4.69, 9.17) is 26.9 Å². The van der Waals surface area contributed by atoms with Gasteiger partial charge in [-0.1, -0.05) is 11.6 Å². The summed E-state index contributed by atoms with van der Waals surface area (Å²) in [6, 6.07) is 14.6. The van der Waals surface area contributed by atoms with E-state index in [1.165, 1.54) is 25.1 Å². The number of nitrogens with zero attached hydrogens (tertiary/aromatic N) is 2. The van der Waals surface area contributed by atoms with Gasteiger partial charge in [-0.3, -0.25) is 4.79 Å². The highest BCUT2D eigenvalue weighted by molar-refractivity contribution is 6.32. The van der Waals surface area contributed by atoms with Crippen LogP contribution in [0.4, 0.5) is 5.69 Å². The molecule has 0 saturated heterocycles. The molecule has 126 valence electrons. The predicted molar refractivity (Wildman–Crippen MR) is 92.1 cm³/mol. The molecule has 6 nitrogen and oxygen atoms in total. The molecule has 0 saturated carbocycles. The van der Waals surface area contributed by atoms with E-state index in [0.717, 1.165) is 0 Å². The van der Waals surface area contributed by atoms with Gasteiger partial charge in [0.2, 0.25) is 0 Å². The highest BCUT2D eigenvalue weighted by Crippen LogP contribution is 2.21. The van der Waals surface area contributed by atoms with E-state index in [9.17, 15) is 9.90 Å². The van der Waals surface area contributed by atoms with Gasteiger partial charge in [-0.2, -0.15) is 10.5 Å². The van der Waals surface area contributed by atoms with Crippen LogP contribution in [-0.4, -0.2) is 23.2 Å². The van der Waals surface area contributed by atoms with Crippen molar-refractivity contribution in [2.45, 2.75) is 12.5 Å². The van der Waals surface area contributed by atoms with Crippen molar-refractivity contribution in [2.24, 2.45) is 0 Å². The van der Waals surface area contributed by atoms with Gasteiger partial charge in [0.05, 0.1) is 22.2 Å². The average Bonchev–Trinajstić information content (AvgIpc) is 2.60. The Morgan fingerprint density at radius 2 is 1.92 bits per heavy atom. The van der Waals surface area contributed by atoms with Crippen LogP contribution in [0.25, 0.3) is 0 Å². The molecule has 25 heavy (non-hydrogen) atoms. The highest BCUT2D eigenvalue weighted by atomic mass is 35.5. The summed E-state index contributed by atoms with van der Waals surface area (Å²) >= 11 is 5.91. The van der Waals surface area contributed by atoms with Crippen molar-refractivity contribution in [3.05, 3.63) is 58.6 Å². The lowest BCUT2D eigenvalue weighted by Gasteiger charge is -2.22. The maximum Gasteiger partial charge on any atom is 0.259 e. The lowest BCUT2D eigenvalue weighted by atomic mass is 10.1. The topological polar surface area (TPSA) is 106 Å². The molecule has 2 aromatic rings. The number of hydrogen-bond acceptors (Lipinski definition) is 5. The number of anilines is 1. The standard InChI is InChI=1S/C18H14ClN3O3/c1-18(24,11-25-15-6-2-12(9-20)3-7-15)17(23)22-14-5-4-13(10-21)16(19)8-14/h2-8,24H,11H2,1H3,(H,22,23)/t18-/m1/s1. The van der Waals surface area contributed by atoms with Crippen molar-refractivity contribution in [2.75, 3.05) is 11.9 Å². The molecule has 0 spiro atoms. The molecule has 0 radical (unpaired) electrons. The van der Waals surface area contributed by atoms with Crippen molar-refractivity contribution < 1.29 is 14.6 Å². The van der Waals surface area contributed by atoms with E-state index in [1.807, 2.05) is 12.1 Å². The van der Waals surface area contributed by atoms with Crippen molar-refractivity contribution in [1.82, 2.24) is 0 Å². The van der Waals surface area contributed by atoms with Crippen LogP contribution >= 0.6 is 11.6 Å². The van der Waals surface area contributed by atoms with E-state index in [1.54, 1.807) is 24.3 Å². The lowest BCUT2D eigenvalue weighted by molar-refractivity contribution is -0.135. The van der Waals surface area contributed by atoms with Crippen LogP contribution < -0.4 is 10.1 Å². The van der Waals surface area contributed by atoms with Gasteiger partial charge in [0.15, 0.2) is 5.60 Å². The number of amides is 1. The minimum absolute atomic E-state index is 0.203. The van der Waals surface area contributed by atoms with Crippen LogP contribution in [0, 0.1) is 22.7 Å². The smallest absolute Gasteiger partial charge is 0.259 e. The summed E-state index contributed by atoms with van der Waals surface area (Å²) in [5, 5.41) is 30.6.